The maximum atomic E-state index is 11.3. The summed E-state index contributed by atoms with van der Waals surface area (Å²) >= 11 is 0. The second kappa shape index (κ2) is 10.3. The van der Waals surface area contributed by atoms with Gasteiger partial charge in [0.15, 0.2) is 0 Å². The molecule has 0 heterocycles. The highest BCUT2D eigenvalue weighted by atomic mass is 16.5. The number of ether oxygens (including phenoxy) is 1. The van der Waals surface area contributed by atoms with Crippen molar-refractivity contribution in [1.29, 1.82) is 0 Å². The fraction of sp³-hybridized carbons (Fsp3) is 0.909. The molecular weight excluding hydrogens is 328 g/mol. The zero-order valence-electron chi connectivity index (χ0n) is 17.6. The van der Waals surface area contributed by atoms with E-state index in [9.17, 15) is 9.59 Å². The Kier molecular flexibility index (Phi) is 9.12. The summed E-state index contributed by atoms with van der Waals surface area (Å²) in [6, 6.07) is 0. The van der Waals surface area contributed by atoms with Crippen molar-refractivity contribution in [2.75, 3.05) is 6.61 Å². The first-order valence-corrected chi connectivity index (χ1v) is 10.4. The number of carbonyl (C=O) groups is 2. The summed E-state index contributed by atoms with van der Waals surface area (Å²) in [6.07, 6.45) is 10.4. The van der Waals surface area contributed by atoms with Crippen molar-refractivity contribution in [3.8, 4) is 0 Å². The van der Waals surface area contributed by atoms with Gasteiger partial charge in [-0.2, -0.15) is 0 Å². The lowest BCUT2D eigenvalue weighted by Gasteiger charge is -2.33. The van der Waals surface area contributed by atoms with Crippen molar-refractivity contribution in [3.05, 3.63) is 0 Å². The number of carboxylic acids is 1. The number of esters is 1. The molecule has 0 amide bonds. The van der Waals surface area contributed by atoms with E-state index >= 15 is 0 Å². The Morgan fingerprint density at radius 2 is 1.23 bits per heavy atom. The van der Waals surface area contributed by atoms with Crippen LogP contribution in [0.25, 0.3) is 0 Å². The molecule has 2 fully saturated rings. The van der Waals surface area contributed by atoms with E-state index in [1.807, 2.05) is 6.92 Å². The Labute approximate surface area is 160 Å². The molecule has 0 aromatic heterocycles. The molecule has 0 aliphatic heterocycles. The second-order valence-electron chi connectivity index (χ2n) is 9.82. The smallest absolute Gasteiger partial charge is 0.306 e. The molecule has 0 bridgehead atoms. The lowest BCUT2D eigenvalue weighted by molar-refractivity contribution is -0.144. The highest BCUT2D eigenvalue weighted by Crippen LogP contribution is 2.39. The van der Waals surface area contributed by atoms with Crippen LogP contribution in [0.2, 0.25) is 0 Å². The van der Waals surface area contributed by atoms with Crippen LogP contribution in [-0.4, -0.2) is 23.7 Å². The molecule has 2 rings (SSSR count). The molecule has 4 heteroatoms. The van der Waals surface area contributed by atoms with Gasteiger partial charge in [-0.1, -0.05) is 27.7 Å². The molecule has 0 radical (unpaired) electrons. The maximum Gasteiger partial charge on any atom is 0.306 e. The van der Waals surface area contributed by atoms with Gasteiger partial charge in [0, 0.05) is 12.8 Å². The van der Waals surface area contributed by atoms with E-state index in [0.717, 1.165) is 12.8 Å². The van der Waals surface area contributed by atoms with E-state index in [1.165, 1.54) is 38.5 Å². The van der Waals surface area contributed by atoms with Crippen molar-refractivity contribution in [3.63, 3.8) is 0 Å². The zero-order chi connectivity index (χ0) is 19.8. The largest absolute Gasteiger partial charge is 0.481 e. The molecule has 0 atom stereocenters. The van der Waals surface area contributed by atoms with Crippen LogP contribution in [-0.2, 0) is 14.3 Å². The third kappa shape index (κ3) is 9.59. The standard InChI is InChI=1S/C12H22O2.C10H18O2/c1-4-14-11(13)9-10-5-7-12(2,3)8-6-10;1-10(2)5-3-8(4-6-10)7-9(11)12/h10H,4-9H2,1-3H3;8H,3-7H2,1-2H3,(H,11,12). The van der Waals surface area contributed by atoms with Crippen LogP contribution in [0.4, 0.5) is 0 Å². The van der Waals surface area contributed by atoms with E-state index in [1.54, 1.807) is 0 Å². The molecule has 0 aromatic rings. The van der Waals surface area contributed by atoms with Crippen LogP contribution >= 0.6 is 0 Å². The number of hydrogen-bond acceptors (Lipinski definition) is 3. The molecule has 26 heavy (non-hydrogen) atoms. The molecule has 0 unspecified atom stereocenters. The quantitative estimate of drug-likeness (QED) is 0.620. The summed E-state index contributed by atoms with van der Waals surface area (Å²) in [5.74, 6) is 0.356. The van der Waals surface area contributed by atoms with Crippen molar-refractivity contribution in [1.82, 2.24) is 0 Å². The molecule has 4 nitrogen and oxygen atoms in total. The summed E-state index contributed by atoms with van der Waals surface area (Å²) in [6.45, 7) is 11.5. The molecular formula is C22H40O4. The van der Waals surface area contributed by atoms with Gasteiger partial charge in [0.1, 0.15) is 0 Å². The van der Waals surface area contributed by atoms with Gasteiger partial charge in [-0.25, -0.2) is 0 Å². The summed E-state index contributed by atoms with van der Waals surface area (Å²) < 4.78 is 4.96. The average molecular weight is 369 g/mol. The minimum atomic E-state index is -0.639. The fourth-order valence-electron chi connectivity index (χ4n) is 4.03. The van der Waals surface area contributed by atoms with Crippen molar-refractivity contribution >= 4 is 11.9 Å². The van der Waals surface area contributed by atoms with Crippen LogP contribution in [0.3, 0.4) is 0 Å². The minimum Gasteiger partial charge on any atom is -0.481 e. The first-order chi connectivity index (χ1) is 12.0. The van der Waals surface area contributed by atoms with E-state index < -0.39 is 5.97 Å². The van der Waals surface area contributed by atoms with Crippen LogP contribution in [0, 0.1) is 22.7 Å². The molecule has 0 saturated heterocycles. The highest BCUT2D eigenvalue weighted by Gasteiger charge is 2.28. The lowest BCUT2D eigenvalue weighted by Crippen LogP contribution is -2.23. The van der Waals surface area contributed by atoms with E-state index in [0.29, 0.717) is 42.1 Å². The van der Waals surface area contributed by atoms with E-state index in [-0.39, 0.29) is 5.97 Å². The number of hydrogen-bond donors (Lipinski definition) is 1. The summed E-state index contributed by atoms with van der Waals surface area (Å²) in [5.41, 5.74) is 0.945. The Balaban J connectivity index is 0.000000263. The third-order valence-electron chi connectivity index (χ3n) is 6.14. The molecule has 152 valence electrons. The topological polar surface area (TPSA) is 63.6 Å². The predicted octanol–water partition coefficient (Wildman–Crippen LogP) is 5.83. The number of rotatable bonds is 5. The Hall–Kier alpha value is -1.06. The van der Waals surface area contributed by atoms with Gasteiger partial charge in [-0.05, 0) is 81.0 Å². The Bertz CT molecular complexity index is 433. The summed E-state index contributed by atoms with van der Waals surface area (Å²) in [5, 5.41) is 8.60. The van der Waals surface area contributed by atoms with Gasteiger partial charge in [-0.15, -0.1) is 0 Å². The van der Waals surface area contributed by atoms with Gasteiger partial charge in [0.25, 0.3) is 0 Å². The monoisotopic (exact) mass is 368 g/mol. The van der Waals surface area contributed by atoms with Gasteiger partial charge >= 0.3 is 11.9 Å². The first-order valence-electron chi connectivity index (χ1n) is 10.4. The van der Waals surface area contributed by atoms with Crippen molar-refractivity contribution in [2.24, 2.45) is 22.7 Å². The fourth-order valence-corrected chi connectivity index (χ4v) is 4.03. The zero-order valence-corrected chi connectivity index (χ0v) is 17.6. The molecule has 2 aliphatic rings. The molecule has 1 N–H and O–H groups in total. The van der Waals surface area contributed by atoms with Gasteiger partial charge < -0.3 is 9.84 Å². The van der Waals surface area contributed by atoms with E-state index in [4.69, 9.17) is 9.84 Å². The van der Waals surface area contributed by atoms with Crippen molar-refractivity contribution in [2.45, 2.75) is 98.8 Å². The minimum absolute atomic E-state index is 0.0165. The second-order valence-corrected chi connectivity index (χ2v) is 9.82. The normalized spacial score (nSPS) is 22.8. The predicted molar refractivity (Wildman–Crippen MR) is 105 cm³/mol. The van der Waals surface area contributed by atoms with Crippen molar-refractivity contribution < 1.29 is 19.4 Å². The SMILES string of the molecule is CC1(C)CCC(CC(=O)O)CC1.CCOC(=O)CC1CCC(C)(C)CC1. The lowest BCUT2D eigenvalue weighted by atomic mass is 9.72. The van der Waals surface area contributed by atoms with Crippen LogP contribution in [0.1, 0.15) is 98.8 Å². The Morgan fingerprint density at radius 1 is 0.846 bits per heavy atom. The molecule has 0 aromatic carbocycles. The average Bonchev–Trinajstić information content (AvgIpc) is 2.52. The highest BCUT2D eigenvalue weighted by molar-refractivity contribution is 5.69. The van der Waals surface area contributed by atoms with Gasteiger partial charge in [0.05, 0.1) is 6.61 Å². The maximum absolute atomic E-state index is 11.3. The first kappa shape index (κ1) is 23.0. The summed E-state index contributed by atoms with van der Waals surface area (Å²) in [7, 11) is 0. The third-order valence-corrected chi connectivity index (χ3v) is 6.14. The van der Waals surface area contributed by atoms with E-state index in [2.05, 4.69) is 27.7 Å². The number of carbonyl (C=O) groups excluding carboxylic acids is 1. The van der Waals surface area contributed by atoms with Gasteiger partial charge in [0.2, 0.25) is 0 Å². The molecule has 0 spiro atoms. The van der Waals surface area contributed by atoms with Crippen LogP contribution in [0.15, 0.2) is 0 Å². The Morgan fingerprint density at radius 3 is 1.58 bits per heavy atom. The van der Waals surface area contributed by atoms with Crippen LogP contribution in [0.5, 0.6) is 0 Å². The number of aliphatic carboxylic acids is 1. The molecule has 2 aliphatic carbocycles. The molecule has 2 saturated carbocycles. The number of carboxylic acid groups (broad SMARTS) is 1. The van der Waals surface area contributed by atoms with Gasteiger partial charge in [-0.3, -0.25) is 9.59 Å². The van der Waals surface area contributed by atoms with Crippen LogP contribution < -0.4 is 0 Å². The summed E-state index contributed by atoms with van der Waals surface area (Å²) in [4.78, 5) is 21.7.